The van der Waals surface area contributed by atoms with E-state index in [0.717, 1.165) is 25.9 Å². The zero-order valence-corrected chi connectivity index (χ0v) is 16.8. The standard InChI is InChI=1S/C15H29N5O2.HI/c1-15(2,3)19-13(22)9-18-14(17-4)20-7-5-6-11(10-20)8-12(16)21;/h11H,5-10H2,1-4H3,(H2,16,21)(H,17,18)(H,19,22);1H. The van der Waals surface area contributed by atoms with Crippen molar-refractivity contribution in [2.75, 3.05) is 26.7 Å². The van der Waals surface area contributed by atoms with Crippen molar-refractivity contribution in [3.8, 4) is 0 Å². The lowest BCUT2D eigenvalue weighted by Gasteiger charge is -2.34. The van der Waals surface area contributed by atoms with Gasteiger partial charge in [0.05, 0.1) is 6.54 Å². The topological polar surface area (TPSA) is 99.8 Å². The number of nitrogens with zero attached hydrogens (tertiary/aromatic N) is 2. The predicted octanol–water partition coefficient (Wildman–Crippen LogP) is 0.682. The Balaban J connectivity index is 0.00000484. The average Bonchev–Trinajstić information content (AvgIpc) is 2.37. The molecule has 0 aromatic heterocycles. The minimum Gasteiger partial charge on any atom is -0.370 e. The number of halogens is 1. The molecule has 1 aliphatic heterocycles. The molecule has 4 N–H and O–H groups in total. The first kappa shape index (κ1) is 21.9. The lowest BCUT2D eigenvalue weighted by molar-refractivity contribution is -0.121. The molecule has 0 spiro atoms. The molecule has 0 radical (unpaired) electrons. The molecule has 1 heterocycles. The van der Waals surface area contributed by atoms with Gasteiger partial charge >= 0.3 is 0 Å². The molecule has 1 saturated heterocycles. The normalized spacial score (nSPS) is 18.9. The van der Waals surface area contributed by atoms with Crippen LogP contribution in [-0.2, 0) is 9.59 Å². The number of amides is 2. The number of carbonyl (C=O) groups is 2. The van der Waals surface area contributed by atoms with Gasteiger partial charge in [-0.1, -0.05) is 0 Å². The number of carbonyl (C=O) groups excluding carboxylic acids is 2. The number of primary amides is 1. The van der Waals surface area contributed by atoms with Crippen LogP contribution >= 0.6 is 24.0 Å². The Kier molecular flexibility index (Phi) is 9.48. The zero-order valence-electron chi connectivity index (χ0n) is 14.5. The number of aliphatic imine (C=N–C) groups is 1. The molecular weight excluding hydrogens is 409 g/mol. The van der Waals surface area contributed by atoms with Gasteiger partial charge in [-0.3, -0.25) is 14.6 Å². The molecular formula is C15H30IN5O2. The van der Waals surface area contributed by atoms with Gasteiger partial charge in [-0.15, -0.1) is 24.0 Å². The van der Waals surface area contributed by atoms with Crippen molar-refractivity contribution < 1.29 is 9.59 Å². The van der Waals surface area contributed by atoms with Gasteiger partial charge in [0.25, 0.3) is 0 Å². The Morgan fingerprint density at radius 2 is 2.00 bits per heavy atom. The number of rotatable bonds is 4. The Bertz CT molecular complexity index is 434. The van der Waals surface area contributed by atoms with E-state index in [1.807, 2.05) is 20.8 Å². The van der Waals surface area contributed by atoms with Crippen molar-refractivity contribution in [3.63, 3.8) is 0 Å². The van der Waals surface area contributed by atoms with Crippen molar-refractivity contribution in [1.29, 1.82) is 0 Å². The minimum atomic E-state index is -0.264. The number of nitrogens with two attached hydrogens (primary N) is 1. The third-order valence-electron chi connectivity index (χ3n) is 3.44. The lowest BCUT2D eigenvalue weighted by Crippen LogP contribution is -2.51. The number of hydrogen-bond acceptors (Lipinski definition) is 3. The minimum absolute atomic E-state index is 0. The molecule has 0 saturated carbocycles. The van der Waals surface area contributed by atoms with Crippen LogP contribution in [-0.4, -0.2) is 54.9 Å². The van der Waals surface area contributed by atoms with Crippen LogP contribution in [0.2, 0.25) is 0 Å². The first-order valence-electron chi connectivity index (χ1n) is 7.76. The Labute approximate surface area is 155 Å². The summed E-state index contributed by atoms with van der Waals surface area (Å²) < 4.78 is 0. The van der Waals surface area contributed by atoms with E-state index in [9.17, 15) is 9.59 Å². The van der Waals surface area contributed by atoms with E-state index in [-0.39, 0.29) is 53.8 Å². The highest BCUT2D eigenvalue weighted by Gasteiger charge is 2.24. The molecule has 1 rings (SSSR count). The van der Waals surface area contributed by atoms with E-state index in [1.165, 1.54) is 0 Å². The summed E-state index contributed by atoms with van der Waals surface area (Å²) in [7, 11) is 1.70. The van der Waals surface area contributed by atoms with E-state index in [1.54, 1.807) is 7.05 Å². The summed E-state index contributed by atoms with van der Waals surface area (Å²) in [5.41, 5.74) is 5.03. The highest BCUT2D eigenvalue weighted by Crippen LogP contribution is 2.19. The Morgan fingerprint density at radius 3 is 2.52 bits per heavy atom. The number of hydrogen-bond donors (Lipinski definition) is 3. The van der Waals surface area contributed by atoms with Gasteiger partial charge in [-0.2, -0.15) is 0 Å². The summed E-state index contributed by atoms with van der Waals surface area (Å²) >= 11 is 0. The average molecular weight is 439 g/mol. The van der Waals surface area contributed by atoms with Gasteiger partial charge in [0.2, 0.25) is 11.8 Å². The summed E-state index contributed by atoms with van der Waals surface area (Å²) in [6.07, 6.45) is 2.39. The van der Waals surface area contributed by atoms with E-state index in [0.29, 0.717) is 12.4 Å². The molecule has 0 bridgehead atoms. The molecule has 1 unspecified atom stereocenters. The SMILES string of the molecule is CN=C(NCC(=O)NC(C)(C)C)N1CCCC(CC(N)=O)C1.I. The maximum Gasteiger partial charge on any atom is 0.239 e. The molecule has 1 atom stereocenters. The van der Waals surface area contributed by atoms with E-state index in [4.69, 9.17) is 5.73 Å². The molecule has 8 heteroatoms. The fraction of sp³-hybridized carbons (Fsp3) is 0.800. The summed E-state index contributed by atoms with van der Waals surface area (Å²) in [6, 6.07) is 0. The molecule has 1 fully saturated rings. The number of nitrogens with one attached hydrogen (secondary N) is 2. The number of likely N-dealkylation sites (tertiary alicyclic amines) is 1. The summed E-state index contributed by atoms with van der Waals surface area (Å²) in [5.74, 6) is 0.616. The highest BCUT2D eigenvalue weighted by molar-refractivity contribution is 14.0. The quantitative estimate of drug-likeness (QED) is 0.341. The maximum atomic E-state index is 11.9. The van der Waals surface area contributed by atoms with Gasteiger partial charge in [0.1, 0.15) is 0 Å². The van der Waals surface area contributed by atoms with Crippen molar-refractivity contribution in [2.45, 2.75) is 45.6 Å². The van der Waals surface area contributed by atoms with Crippen LogP contribution in [0.4, 0.5) is 0 Å². The Hall–Kier alpha value is -1.06. The van der Waals surface area contributed by atoms with Crippen molar-refractivity contribution in [1.82, 2.24) is 15.5 Å². The van der Waals surface area contributed by atoms with Crippen LogP contribution in [0, 0.1) is 5.92 Å². The fourth-order valence-corrected chi connectivity index (χ4v) is 2.66. The fourth-order valence-electron chi connectivity index (χ4n) is 2.66. The van der Waals surface area contributed by atoms with E-state index in [2.05, 4.69) is 20.5 Å². The summed E-state index contributed by atoms with van der Waals surface area (Å²) in [4.78, 5) is 29.2. The van der Waals surface area contributed by atoms with Gasteiger partial charge < -0.3 is 21.3 Å². The number of guanidine groups is 1. The van der Waals surface area contributed by atoms with Crippen molar-refractivity contribution >= 4 is 41.8 Å². The molecule has 23 heavy (non-hydrogen) atoms. The Morgan fingerprint density at radius 1 is 1.35 bits per heavy atom. The monoisotopic (exact) mass is 439 g/mol. The third-order valence-corrected chi connectivity index (χ3v) is 3.44. The second-order valence-electron chi connectivity index (χ2n) is 6.82. The highest BCUT2D eigenvalue weighted by atomic mass is 127. The van der Waals surface area contributed by atoms with Crippen molar-refractivity contribution in [2.24, 2.45) is 16.6 Å². The smallest absolute Gasteiger partial charge is 0.239 e. The molecule has 1 aliphatic rings. The van der Waals surface area contributed by atoms with Gasteiger partial charge in [0.15, 0.2) is 5.96 Å². The maximum absolute atomic E-state index is 11.9. The molecule has 2 amide bonds. The van der Waals surface area contributed by atoms with Gasteiger partial charge in [0, 0.05) is 32.1 Å². The first-order chi connectivity index (χ1) is 10.2. The number of piperidine rings is 1. The predicted molar refractivity (Wildman–Crippen MR) is 103 cm³/mol. The van der Waals surface area contributed by atoms with E-state index >= 15 is 0 Å². The van der Waals surface area contributed by atoms with Crippen LogP contribution in [0.5, 0.6) is 0 Å². The largest absolute Gasteiger partial charge is 0.370 e. The van der Waals surface area contributed by atoms with Crippen LogP contribution < -0.4 is 16.4 Å². The molecule has 0 aromatic carbocycles. The van der Waals surface area contributed by atoms with Crippen LogP contribution in [0.1, 0.15) is 40.0 Å². The lowest BCUT2D eigenvalue weighted by atomic mass is 9.95. The van der Waals surface area contributed by atoms with Crippen LogP contribution in [0.25, 0.3) is 0 Å². The summed E-state index contributed by atoms with van der Waals surface area (Å²) in [5, 5.41) is 5.98. The van der Waals surface area contributed by atoms with Gasteiger partial charge in [-0.25, -0.2) is 0 Å². The molecule has 0 aromatic rings. The molecule has 0 aliphatic carbocycles. The molecule has 7 nitrogen and oxygen atoms in total. The molecule has 134 valence electrons. The second kappa shape index (κ2) is 9.94. The van der Waals surface area contributed by atoms with Crippen LogP contribution in [0.15, 0.2) is 4.99 Å². The zero-order chi connectivity index (χ0) is 16.8. The van der Waals surface area contributed by atoms with Gasteiger partial charge in [-0.05, 0) is 39.5 Å². The van der Waals surface area contributed by atoms with Crippen LogP contribution in [0.3, 0.4) is 0 Å². The summed E-state index contributed by atoms with van der Waals surface area (Å²) in [6.45, 7) is 7.62. The van der Waals surface area contributed by atoms with Crippen molar-refractivity contribution in [3.05, 3.63) is 0 Å². The second-order valence-corrected chi connectivity index (χ2v) is 6.82. The van der Waals surface area contributed by atoms with E-state index < -0.39 is 0 Å². The first-order valence-corrected chi connectivity index (χ1v) is 7.76. The third kappa shape index (κ3) is 8.97.